The lowest BCUT2D eigenvalue weighted by Gasteiger charge is -2.26. The van der Waals surface area contributed by atoms with E-state index in [0.717, 1.165) is 61.5 Å². The second-order valence-corrected chi connectivity index (χ2v) is 7.85. The molecule has 2 saturated heterocycles. The monoisotopic (exact) mass is 378 g/mol. The molecule has 28 heavy (non-hydrogen) atoms. The molecular weight excluding hydrogens is 348 g/mol. The topological polar surface area (TPSA) is 32.8 Å². The van der Waals surface area contributed by atoms with Crippen LogP contribution in [0.3, 0.4) is 0 Å². The van der Waals surface area contributed by atoms with Gasteiger partial charge in [0.25, 0.3) is 5.91 Å². The van der Waals surface area contributed by atoms with Crippen molar-refractivity contribution in [1.29, 1.82) is 0 Å². The van der Waals surface area contributed by atoms with Crippen LogP contribution in [0.1, 0.15) is 42.5 Å². The zero-order valence-electron chi connectivity index (χ0n) is 16.6. The fraction of sp³-hybridized carbons (Fsp3) is 0.458. The number of likely N-dealkylation sites (tertiary alicyclic amines) is 2. The Hall–Kier alpha value is -2.33. The molecule has 0 spiro atoms. The van der Waals surface area contributed by atoms with Crippen molar-refractivity contribution in [3.63, 3.8) is 0 Å². The molecule has 0 bridgehead atoms. The summed E-state index contributed by atoms with van der Waals surface area (Å²) in [7, 11) is 0. The van der Waals surface area contributed by atoms with Crippen LogP contribution in [0.5, 0.6) is 5.75 Å². The summed E-state index contributed by atoms with van der Waals surface area (Å²) in [5, 5.41) is 0. The standard InChI is InChI=1S/C24H30N2O2/c27-24(26-16-4-5-17-26)22-8-6-20(7-9-22)21-10-12-23(13-11-21)28-19-18-25-14-2-1-3-15-25/h6-13H,1-5,14-19H2. The number of amides is 1. The molecule has 2 aliphatic heterocycles. The third kappa shape index (κ3) is 4.74. The maximum Gasteiger partial charge on any atom is 0.253 e. The summed E-state index contributed by atoms with van der Waals surface area (Å²) in [6.07, 6.45) is 6.24. The van der Waals surface area contributed by atoms with E-state index >= 15 is 0 Å². The number of carbonyl (C=O) groups excluding carboxylic acids is 1. The predicted octanol–water partition coefficient (Wildman–Crippen LogP) is 4.45. The van der Waals surface area contributed by atoms with Crippen LogP contribution < -0.4 is 4.74 Å². The summed E-state index contributed by atoms with van der Waals surface area (Å²) in [5.74, 6) is 1.07. The predicted molar refractivity (Wildman–Crippen MR) is 113 cm³/mol. The Morgan fingerprint density at radius 3 is 1.96 bits per heavy atom. The van der Waals surface area contributed by atoms with E-state index in [0.29, 0.717) is 0 Å². The van der Waals surface area contributed by atoms with Crippen molar-refractivity contribution in [2.45, 2.75) is 32.1 Å². The quantitative estimate of drug-likeness (QED) is 0.744. The number of nitrogens with zero attached hydrogens (tertiary/aromatic N) is 2. The van der Waals surface area contributed by atoms with Gasteiger partial charge in [-0.1, -0.05) is 30.7 Å². The van der Waals surface area contributed by atoms with Gasteiger partial charge >= 0.3 is 0 Å². The lowest BCUT2D eigenvalue weighted by molar-refractivity contribution is 0.0793. The molecule has 4 heteroatoms. The van der Waals surface area contributed by atoms with Gasteiger partial charge < -0.3 is 9.64 Å². The van der Waals surface area contributed by atoms with Gasteiger partial charge in [0.1, 0.15) is 12.4 Å². The van der Waals surface area contributed by atoms with Gasteiger partial charge in [-0.15, -0.1) is 0 Å². The molecule has 0 saturated carbocycles. The van der Waals surface area contributed by atoms with Gasteiger partial charge in [-0.3, -0.25) is 9.69 Å². The summed E-state index contributed by atoms with van der Waals surface area (Å²) >= 11 is 0. The van der Waals surface area contributed by atoms with Crippen LogP contribution in [0, 0.1) is 0 Å². The largest absolute Gasteiger partial charge is 0.492 e. The van der Waals surface area contributed by atoms with E-state index in [1.54, 1.807) is 0 Å². The van der Waals surface area contributed by atoms with Crippen LogP contribution in [-0.2, 0) is 0 Å². The van der Waals surface area contributed by atoms with Crippen LogP contribution in [0.25, 0.3) is 11.1 Å². The third-order valence-electron chi connectivity index (χ3n) is 5.84. The van der Waals surface area contributed by atoms with Gasteiger partial charge in [0.05, 0.1) is 0 Å². The minimum absolute atomic E-state index is 0.154. The van der Waals surface area contributed by atoms with Gasteiger partial charge in [-0.25, -0.2) is 0 Å². The van der Waals surface area contributed by atoms with E-state index in [1.165, 1.54) is 32.4 Å². The molecule has 2 heterocycles. The lowest BCUT2D eigenvalue weighted by atomic mass is 10.0. The van der Waals surface area contributed by atoms with Crippen molar-refractivity contribution in [3.05, 3.63) is 54.1 Å². The van der Waals surface area contributed by atoms with Crippen LogP contribution >= 0.6 is 0 Å². The Labute approximate surface area is 168 Å². The third-order valence-corrected chi connectivity index (χ3v) is 5.84. The molecule has 148 valence electrons. The van der Waals surface area contributed by atoms with Crippen molar-refractivity contribution >= 4 is 5.91 Å². The van der Waals surface area contributed by atoms with E-state index in [2.05, 4.69) is 17.0 Å². The lowest BCUT2D eigenvalue weighted by Crippen LogP contribution is -2.33. The highest BCUT2D eigenvalue weighted by atomic mass is 16.5. The van der Waals surface area contributed by atoms with E-state index in [9.17, 15) is 4.79 Å². The minimum atomic E-state index is 0.154. The van der Waals surface area contributed by atoms with E-state index in [-0.39, 0.29) is 5.91 Å². The number of hydrogen-bond donors (Lipinski definition) is 0. The van der Waals surface area contributed by atoms with Crippen molar-refractivity contribution in [2.75, 3.05) is 39.3 Å². The van der Waals surface area contributed by atoms with Crippen molar-refractivity contribution in [1.82, 2.24) is 9.80 Å². The Balaban J connectivity index is 1.31. The van der Waals surface area contributed by atoms with Gasteiger partial charge in [0.15, 0.2) is 0 Å². The number of carbonyl (C=O) groups is 1. The highest BCUT2D eigenvalue weighted by Gasteiger charge is 2.19. The Kier molecular flexibility index (Phi) is 6.27. The average Bonchev–Trinajstić information content (AvgIpc) is 3.30. The molecule has 0 radical (unpaired) electrons. The van der Waals surface area contributed by atoms with Crippen LogP contribution in [-0.4, -0.2) is 55.0 Å². The molecule has 0 unspecified atom stereocenters. The highest BCUT2D eigenvalue weighted by Crippen LogP contribution is 2.24. The zero-order chi connectivity index (χ0) is 19.2. The summed E-state index contributed by atoms with van der Waals surface area (Å²) in [6.45, 7) is 5.94. The molecule has 2 aromatic rings. The fourth-order valence-corrected chi connectivity index (χ4v) is 4.13. The van der Waals surface area contributed by atoms with E-state index in [1.807, 2.05) is 41.3 Å². The molecule has 0 aromatic heterocycles. The molecule has 2 aliphatic rings. The normalized spacial score (nSPS) is 17.6. The Bertz CT molecular complexity index is 758. The number of benzene rings is 2. The second kappa shape index (κ2) is 9.24. The SMILES string of the molecule is O=C(c1ccc(-c2ccc(OCCN3CCCCC3)cc2)cc1)N1CCCC1. The van der Waals surface area contributed by atoms with E-state index < -0.39 is 0 Å². The number of piperidine rings is 1. The van der Waals surface area contributed by atoms with Gasteiger partial charge in [-0.05, 0) is 74.2 Å². The molecule has 2 aromatic carbocycles. The van der Waals surface area contributed by atoms with E-state index in [4.69, 9.17) is 4.74 Å². The second-order valence-electron chi connectivity index (χ2n) is 7.85. The molecule has 1 amide bonds. The fourth-order valence-electron chi connectivity index (χ4n) is 4.13. The van der Waals surface area contributed by atoms with Crippen molar-refractivity contribution in [2.24, 2.45) is 0 Å². The van der Waals surface area contributed by atoms with Gasteiger partial charge in [0.2, 0.25) is 0 Å². The number of hydrogen-bond acceptors (Lipinski definition) is 3. The van der Waals surface area contributed by atoms with Gasteiger partial charge in [0, 0.05) is 25.2 Å². The molecular formula is C24H30N2O2. The molecule has 0 aliphatic carbocycles. The minimum Gasteiger partial charge on any atom is -0.492 e. The first kappa shape index (κ1) is 19.0. The van der Waals surface area contributed by atoms with Crippen LogP contribution in [0.15, 0.2) is 48.5 Å². The molecule has 0 atom stereocenters. The summed E-state index contributed by atoms with van der Waals surface area (Å²) < 4.78 is 5.92. The number of rotatable bonds is 6. The highest BCUT2D eigenvalue weighted by molar-refractivity contribution is 5.94. The van der Waals surface area contributed by atoms with Crippen molar-refractivity contribution < 1.29 is 9.53 Å². The average molecular weight is 379 g/mol. The Morgan fingerprint density at radius 1 is 0.750 bits per heavy atom. The summed E-state index contributed by atoms with van der Waals surface area (Å²) in [6, 6.07) is 16.2. The zero-order valence-corrected chi connectivity index (χ0v) is 16.6. The summed E-state index contributed by atoms with van der Waals surface area (Å²) in [5.41, 5.74) is 3.05. The smallest absolute Gasteiger partial charge is 0.253 e. The van der Waals surface area contributed by atoms with Crippen LogP contribution in [0.4, 0.5) is 0 Å². The number of ether oxygens (including phenoxy) is 1. The molecule has 4 rings (SSSR count). The first-order chi connectivity index (χ1) is 13.8. The Morgan fingerprint density at radius 2 is 1.32 bits per heavy atom. The van der Waals surface area contributed by atoms with Crippen molar-refractivity contribution in [3.8, 4) is 16.9 Å². The molecule has 0 N–H and O–H groups in total. The maximum absolute atomic E-state index is 12.5. The maximum atomic E-state index is 12.5. The first-order valence-electron chi connectivity index (χ1n) is 10.6. The molecule has 4 nitrogen and oxygen atoms in total. The van der Waals surface area contributed by atoms with Crippen LogP contribution in [0.2, 0.25) is 0 Å². The summed E-state index contributed by atoms with van der Waals surface area (Å²) in [4.78, 5) is 16.9. The molecule has 2 fully saturated rings. The first-order valence-corrected chi connectivity index (χ1v) is 10.6. The van der Waals surface area contributed by atoms with Gasteiger partial charge in [-0.2, -0.15) is 0 Å².